The van der Waals surface area contributed by atoms with Crippen LogP contribution < -0.4 is 0 Å². The summed E-state index contributed by atoms with van der Waals surface area (Å²) in [5.41, 5.74) is 1.71. The van der Waals surface area contributed by atoms with Gasteiger partial charge in [0.05, 0.1) is 11.4 Å². The second-order valence-electron chi connectivity index (χ2n) is 3.22. The molecule has 2 aromatic rings. The van der Waals surface area contributed by atoms with Gasteiger partial charge in [-0.15, -0.1) is 0 Å². The first-order chi connectivity index (χ1) is 6.68. The molecular weight excluding hydrogens is 180 g/mol. The quantitative estimate of drug-likeness (QED) is 0.781. The molecule has 0 aromatic carbocycles. The Morgan fingerprint density at radius 1 is 1.57 bits per heavy atom. The van der Waals surface area contributed by atoms with E-state index in [1.165, 1.54) is 0 Å². The maximum Gasteiger partial charge on any atom is 0.310 e. The highest BCUT2D eigenvalue weighted by atomic mass is 16.4. The number of aromatic nitrogens is 2. The number of fused-ring (bicyclic) bond motifs is 1. The molecule has 0 aliphatic carbocycles. The number of carboxylic acids is 1. The summed E-state index contributed by atoms with van der Waals surface area (Å²) in [6.07, 6.45) is 3.45. The SMILES string of the molecule is CC(C(=O)O)c1ccn2nccc2c1. The van der Waals surface area contributed by atoms with Crippen LogP contribution in [0.4, 0.5) is 0 Å². The number of nitrogens with zero attached hydrogens (tertiary/aromatic N) is 2. The molecule has 0 bridgehead atoms. The van der Waals surface area contributed by atoms with Gasteiger partial charge in [0.1, 0.15) is 0 Å². The Kier molecular flexibility index (Phi) is 1.96. The molecule has 0 spiro atoms. The third kappa shape index (κ3) is 1.35. The molecule has 0 amide bonds. The first-order valence-corrected chi connectivity index (χ1v) is 4.34. The van der Waals surface area contributed by atoms with E-state index in [0.29, 0.717) is 0 Å². The van der Waals surface area contributed by atoms with E-state index in [2.05, 4.69) is 5.10 Å². The average Bonchev–Trinajstić information content (AvgIpc) is 2.62. The fraction of sp³-hybridized carbons (Fsp3) is 0.200. The fourth-order valence-corrected chi connectivity index (χ4v) is 1.35. The monoisotopic (exact) mass is 190 g/mol. The van der Waals surface area contributed by atoms with Gasteiger partial charge in [-0.2, -0.15) is 5.10 Å². The molecule has 1 N–H and O–H groups in total. The number of hydrogen-bond donors (Lipinski definition) is 1. The lowest BCUT2D eigenvalue weighted by molar-refractivity contribution is -0.138. The Hall–Kier alpha value is -1.84. The maximum atomic E-state index is 10.8. The fourth-order valence-electron chi connectivity index (χ4n) is 1.35. The van der Waals surface area contributed by atoms with E-state index >= 15 is 0 Å². The zero-order valence-electron chi connectivity index (χ0n) is 7.71. The molecule has 2 heterocycles. The minimum absolute atomic E-state index is 0.477. The van der Waals surface area contributed by atoms with E-state index in [1.807, 2.05) is 12.1 Å². The number of aliphatic carboxylic acids is 1. The molecule has 0 radical (unpaired) electrons. The minimum atomic E-state index is -0.811. The summed E-state index contributed by atoms with van der Waals surface area (Å²) in [6.45, 7) is 1.67. The van der Waals surface area contributed by atoms with E-state index in [0.717, 1.165) is 11.1 Å². The predicted octanol–water partition coefficient (Wildman–Crippen LogP) is 1.52. The van der Waals surface area contributed by atoms with Gasteiger partial charge >= 0.3 is 5.97 Å². The van der Waals surface area contributed by atoms with Gasteiger partial charge in [-0.05, 0) is 30.7 Å². The van der Waals surface area contributed by atoms with Crippen molar-refractivity contribution < 1.29 is 9.90 Å². The molecule has 1 atom stereocenters. The second-order valence-corrected chi connectivity index (χ2v) is 3.22. The summed E-state index contributed by atoms with van der Waals surface area (Å²) >= 11 is 0. The van der Waals surface area contributed by atoms with Crippen LogP contribution in [0.2, 0.25) is 0 Å². The van der Waals surface area contributed by atoms with Crippen molar-refractivity contribution in [2.75, 3.05) is 0 Å². The van der Waals surface area contributed by atoms with Gasteiger partial charge in [0.2, 0.25) is 0 Å². The number of hydrogen-bond acceptors (Lipinski definition) is 2. The first kappa shape index (κ1) is 8.74. The summed E-state index contributed by atoms with van der Waals surface area (Å²) in [4.78, 5) is 10.8. The van der Waals surface area contributed by atoms with Gasteiger partial charge in [-0.3, -0.25) is 4.79 Å². The summed E-state index contributed by atoms with van der Waals surface area (Å²) < 4.78 is 1.71. The summed E-state index contributed by atoms with van der Waals surface area (Å²) in [7, 11) is 0. The van der Waals surface area contributed by atoms with Gasteiger partial charge in [0.25, 0.3) is 0 Å². The molecule has 2 aromatic heterocycles. The van der Waals surface area contributed by atoms with Crippen LogP contribution in [0.3, 0.4) is 0 Å². The number of rotatable bonds is 2. The minimum Gasteiger partial charge on any atom is -0.481 e. The van der Waals surface area contributed by atoms with E-state index in [4.69, 9.17) is 5.11 Å². The molecule has 14 heavy (non-hydrogen) atoms. The first-order valence-electron chi connectivity index (χ1n) is 4.34. The van der Waals surface area contributed by atoms with Crippen LogP contribution in [0.15, 0.2) is 30.6 Å². The Morgan fingerprint density at radius 2 is 2.36 bits per heavy atom. The third-order valence-electron chi connectivity index (χ3n) is 2.29. The molecule has 72 valence electrons. The Morgan fingerprint density at radius 3 is 3.07 bits per heavy atom. The second kappa shape index (κ2) is 3.14. The van der Waals surface area contributed by atoms with E-state index in [1.54, 1.807) is 29.9 Å². The van der Waals surface area contributed by atoms with Crippen molar-refractivity contribution in [1.29, 1.82) is 0 Å². The molecule has 0 saturated carbocycles. The largest absolute Gasteiger partial charge is 0.481 e. The van der Waals surface area contributed by atoms with Crippen LogP contribution in [0.5, 0.6) is 0 Å². The molecule has 0 fully saturated rings. The summed E-state index contributed by atoms with van der Waals surface area (Å²) in [6, 6.07) is 5.46. The van der Waals surface area contributed by atoms with Crippen LogP contribution in [-0.4, -0.2) is 20.7 Å². The standard InChI is InChI=1S/C10H10N2O2/c1-7(10(13)14)8-3-5-12-9(6-8)2-4-11-12/h2-7H,1H3,(H,13,14). The van der Waals surface area contributed by atoms with Crippen molar-refractivity contribution in [2.45, 2.75) is 12.8 Å². The Bertz CT molecular complexity index is 476. The van der Waals surface area contributed by atoms with Gasteiger partial charge in [0, 0.05) is 12.4 Å². The third-order valence-corrected chi connectivity index (χ3v) is 2.29. The normalized spacial score (nSPS) is 12.9. The smallest absolute Gasteiger partial charge is 0.310 e. The Labute approximate surface area is 80.8 Å². The van der Waals surface area contributed by atoms with Crippen LogP contribution in [0.1, 0.15) is 18.4 Å². The van der Waals surface area contributed by atoms with Crippen LogP contribution >= 0.6 is 0 Å². The van der Waals surface area contributed by atoms with Gasteiger partial charge in [-0.25, -0.2) is 4.52 Å². The molecule has 1 unspecified atom stereocenters. The molecule has 2 rings (SSSR count). The van der Waals surface area contributed by atoms with Crippen molar-refractivity contribution in [3.05, 3.63) is 36.2 Å². The van der Waals surface area contributed by atoms with Crippen molar-refractivity contribution >= 4 is 11.5 Å². The molecular formula is C10H10N2O2. The van der Waals surface area contributed by atoms with Crippen LogP contribution in [0, 0.1) is 0 Å². The zero-order valence-corrected chi connectivity index (χ0v) is 7.71. The summed E-state index contributed by atoms with van der Waals surface area (Å²) in [5, 5.41) is 12.9. The highest BCUT2D eigenvalue weighted by Gasteiger charge is 2.13. The molecule has 0 aliphatic heterocycles. The van der Waals surface area contributed by atoms with Gasteiger partial charge in [0.15, 0.2) is 0 Å². The lowest BCUT2D eigenvalue weighted by Crippen LogP contribution is -2.07. The molecule has 4 heteroatoms. The van der Waals surface area contributed by atoms with Crippen molar-refractivity contribution in [2.24, 2.45) is 0 Å². The molecule has 0 aliphatic rings. The summed E-state index contributed by atoms with van der Waals surface area (Å²) in [5.74, 6) is -1.29. The zero-order chi connectivity index (χ0) is 10.1. The van der Waals surface area contributed by atoms with Crippen LogP contribution in [-0.2, 0) is 4.79 Å². The number of carbonyl (C=O) groups is 1. The molecule has 0 saturated heterocycles. The highest BCUT2D eigenvalue weighted by Crippen LogP contribution is 2.16. The highest BCUT2D eigenvalue weighted by molar-refractivity contribution is 5.76. The van der Waals surface area contributed by atoms with Gasteiger partial charge in [-0.1, -0.05) is 0 Å². The van der Waals surface area contributed by atoms with Crippen molar-refractivity contribution in [1.82, 2.24) is 9.61 Å². The lowest BCUT2D eigenvalue weighted by Gasteiger charge is -2.06. The Balaban J connectivity index is 2.48. The molecule has 4 nitrogen and oxygen atoms in total. The average molecular weight is 190 g/mol. The van der Waals surface area contributed by atoms with E-state index < -0.39 is 11.9 Å². The number of carboxylic acid groups (broad SMARTS) is 1. The predicted molar refractivity (Wildman–Crippen MR) is 51.2 cm³/mol. The lowest BCUT2D eigenvalue weighted by atomic mass is 10.0. The van der Waals surface area contributed by atoms with Crippen LogP contribution in [0.25, 0.3) is 5.52 Å². The van der Waals surface area contributed by atoms with Crippen molar-refractivity contribution in [3.63, 3.8) is 0 Å². The van der Waals surface area contributed by atoms with Gasteiger partial charge < -0.3 is 5.11 Å². The number of pyridine rings is 1. The topological polar surface area (TPSA) is 54.6 Å². The van der Waals surface area contributed by atoms with Crippen molar-refractivity contribution in [3.8, 4) is 0 Å². The van der Waals surface area contributed by atoms with E-state index in [-0.39, 0.29) is 0 Å². The van der Waals surface area contributed by atoms with E-state index in [9.17, 15) is 4.79 Å². The maximum absolute atomic E-state index is 10.8.